The average Bonchev–Trinajstić information content (AvgIpc) is 2.32. The molecule has 1 saturated heterocycles. The molecule has 0 saturated carbocycles. The number of rotatable bonds is 2. The maximum absolute atomic E-state index is 11.6. The predicted molar refractivity (Wildman–Crippen MR) is 68.0 cm³/mol. The topological polar surface area (TPSA) is 66.7 Å². The molecule has 0 radical (unpaired) electrons. The average molecular weight is 270 g/mol. The van der Waals surface area contributed by atoms with Crippen molar-refractivity contribution >= 4 is 28.9 Å². The standard InChI is InChI=1S/C11H12ClN3O3/c1-13-5-6-14(7-10(13)16)9-4-2-3-8(12)11(9)15(17)18/h2-4H,5-7H2,1H3. The summed E-state index contributed by atoms with van der Waals surface area (Å²) in [6, 6.07) is 4.73. The lowest BCUT2D eigenvalue weighted by molar-refractivity contribution is -0.384. The third kappa shape index (κ3) is 2.24. The van der Waals surface area contributed by atoms with Crippen LogP contribution in [0.4, 0.5) is 11.4 Å². The van der Waals surface area contributed by atoms with Crippen molar-refractivity contribution in [3.8, 4) is 0 Å². The van der Waals surface area contributed by atoms with Crippen molar-refractivity contribution < 1.29 is 9.72 Å². The lowest BCUT2D eigenvalue weighted by atomic mass is 10.2. The van der Waals surface area contributed by atoms with E-state index in [1.807, 2.05) is 0 Å². The summed E-state index contributed by atoms with van der Waals surface area (Å²) in [5.41, 5.74) is 0.255. The summed E-state index contributed by atoms with van der Waals surface area (Å²) in [4.78, 5) is 25.4. The molecular weight excluding hydrogens is 258 g/mol. The van der Waals surface area contributed by atoms with Gasteiger partial charge in [-0.15, -0.1) is 0 Å². The zero-order valence-electron chi connectivity index (χ0n) is 9.80. The molecule has 18 heavy (non-hydrogen) atoms. The van der Waals surface area contributed by atoms with Crippen molar-refractivity contribution in [2.45, 2.75) is 0 Å². The Kier molecular flexibility index (Phi) is 3.38. The molecule has 1 aliphatic heterocycles. The molecule has 1 aromatic rings. The van der Waals surface area contributed by atoms with Gasteiger partial charge in [0.25, 0.3) is 0 Å². The molecule has 1 amide bonds. The monoisotopic (exact) mass is 269 g/mol. The zero-order valence-corrected chi connectivity index (χ0v) is 10.6. The zero-order chi connectivity index (χ0) is 13.3. The van der Waals surface area contributed by atoms with Gasteiger partial charge in [0.15, 0.2) is 0 Å². The number of nitro benzene ring substituents is 1. The number of carbonyl (C=O) groups is 1. The van der Waals surface area contributed by atoms with Crippen LogP contribution < -0.4 is 4.90 Å². The maximum atomic E-state index is 11.6. The fraction of sp³-hybridized carbons (Fsp3) is 0.364. The van der Waals surface area contributed by atoms with E-state index in [2.05, 4.69) is 0 Å². The van der Waals surface area contributed by atoms with Crippen LogP contribution in [0, 0.1) is 10.1 Å². The van der Waals surface area contributed by atoms with Gasteiger partial charge in [-0.3, -0.25) is 14.9 Å². The van der Waals surface area contributed by atoms with Gasteiger partial charge in [0.2, 0.25) is 5.91 Å². The summed E-state index contributed by atoms with van der Waals surface area (Å²) < 4.78 is 0. The van der Waals surface area contributed by atoms with Crippen LogP contribution >= 0.6 is 11.6 Å². The summed E-state index contributed by atoms with van der Waals surface area (Å²) in [7, 11) is 1.71. The van der Waals surface area contributed by atoms with Gasteiger partial charge in [0, 0.05) is 20.1 Å². The third-order valence-corrected chi connectivity index (χ3v) is 3.25. The number of hydrogen-bond acceptors (Lipinski definition) is 4. The Hall–Kier alpha value is -1.82. The Morgan fingerprint density at radius 2 is 2.11 bits per heavy atom. The molecule has 0 spiro atoms. The highest BCUT2D eigenvalue weighted by atomic mass is 35.5. The fourth-order valence-electron chi connectivity index (χ4n) is 1.90. The molecule has 1 aliphatic rings. The molecule has 2 rings (SSSR count). The van der Waals surface area contributed by atoms with E-state index in [9.17, 15) is 14.9 Å². The van der Waals surface area contributed by atoms with Crippen molar-refractivity contribution in [1.29, 1.82) is 0 Å². The quantitative estimate of drug-likeness (QED) is 0.603. The number of piperazine rings is 1. The molecule has 0 aromatic heterocycles. The Balaban J connectivity index is 2.37. The molecule has 6 nitrogen and oxygen atoms in total. The number of anilines is 1. The molecule has 96 valence electrons. The Morgan fingerprint density at radius 3 is 2.72 bits per heavy atom. The van der Waals surface area contributed by atoms with E-state index in [1.165, 1.54) is 6.07 Å². The number of hydrogen-bond donors (Lipinski definition) is 0. The molecule has 1 aromatic carbocycles. The number of benzene rings is 1. The summed E-state index contributed by atoms with van der Waals surface area (Å²) in [5, 5.41) is 11.1. The number of likely N-dealkylation sites (N-methyl/N-ethyl adjacent to an activating group) is 1. The normalized spacial score (nSPS) is 16.0. The number of carbonyl (C=O) groups excluding carboxylic acids is 1. The van der Waals surface area contributed by atoms with E-state index in [0.29, 0.717) is 18.8 Å². The van der Waals surface area contributed by atoms with Gasteiger partial charge in [-0.2, -0.15) is 0 Å². The van der Waals surface area contributed by atoms with E-state index < -0.39 is 4.92 Å². The SMILES string of the molecule is CN1CCN(c2cccc(Cl)c2[N+](=O)[O-])CC1=O. The minimum atomic E-state index is -0.513. The molecule has 0 unspecified atom stereocenters. The summed E-state index contributed by atoms with van der Waals surface area (Å²) in [5.74, 6) is -0.0597. The van der Waals surface area contributed by atoms with E-state index in [1.54, 1.807) is 29.0 Å². The van der Waals surface area contributed by atoms with E-state index >= 15 is 0 Å². The number of para-hydroxylation sites is 1. The Labute approximate surface area is 109 Å². The van der Waals surface area contributed by atoms with Gasteiger partial charge in [-0.05, 0) is 12.1 Å². The van der Waals surface area contributed by atoms with Crippen LogP contribution in [0.1, 0.15) is 0 Å². The van der Waals surface area contributed by atoms with Crippen LogP contribution in [0.2, 0.25) is 5.02 Å². The van der Waals surface area contributed by atoms with Crippen LogP contribution in [0.25, 0.3) is 0 Å². The van der Waals surface area contributed by atoms with Crippen LogP contribution in [0.5, 0.6) is 0 Å². The van der Waals surface area contributed by atoms with Crippen LogP contribution in [0.3, 0.4) is 0 Å². The van der Waals surface area contributed by atoms with Gasteiger partial charge in [-0.25, -0.2) is 0 Å². The van der Waals surface area contributed by atoms with Gasteiger partial charge in [0.05, 0.1) is 11.5 Å². The third-order valence-electron chi connectivity index (χ3n) is 2.95. The van der Waals surface area contributed by atoms with E-state index in [0.717, 1.165) is 0 Å². The lowest BCUT2D eigenvalue weighted by Crippen LogP contribution is -2.48. The van der Waals surface area contributed by atoms with Crippen molar-refractivity contribution in [3.63, 3.8) is 0 Å². The second-order valence-electron chi connectivity index (χ2n) is 4.10. The number of nitro groups is 1. The second-order valence-corrected chi connectivity index (χ2v) is 4.51. The number of halogens is 1. The highest BCUT2D eigenvalue weighted by molar-refractivity contribution is 6.33. The van der Waals surface area contributed by atoms with Crippen molar-refractivity contribution in [2.24, 2.45) is 0 Å². The first-order chi connectivity index (χ1) is 8.50. The van der Waals surface area contributed by atoms with E-state index in [4.69, 9.17) is 11.6 Å². The molecule has 0 N–H and O–H groups in total. The molecule has 1 fully saturated rings. The molecular formula is C11H12ClN3O3. The van der Waals surface area contributed by atoms with Gasteiger partial charge < -0.3 is 9.80 Å². The van der Waals surface area contributed by atoms with Crippen molar-refractivity contribution in [1.82, 2.24) is 4.90 Å². The molecule has 0 atom stereocenters. The predicted octanol–water partition coefficient (Wildman–Crippen LogP) is 1.53. The second kappa shape index (κ2) is 4.81. The highest BCUT2D eigenvalue weighted by Gasteiger charge is 2.28. The maximum Gasteiger partial charge on any atom is 0.310 e. The molecule has 0 aliphatic carbocycles. The first-order valence-corrected chi connectivity index (χ1v) is 5.80. The van der Waals surface area contributed by atoms with Crippen LogP contribution in [-0.2, 0) is 4.79 Å². The lowest BCUT2D eigenvalue weighted by Gasteiger charge is -2.33. The summed E-state index contributed by atoms with van der Waals surface area (Å²) >= 11 is 5.84. The highest BCUT2D eigenvalue weighted by Crippen LogP contribution is 2.35. The van der Waals surface area contributed by atoms with Crippen molar-refractivity contribution in [2.75, 3.05) is 31.6 Å². The first-order valence-electron chi connectivity index (χ1n) is 5.42. The smallest absolute Gasteiger partial charge is 0.310 e. The molecule has 7 heteroatoms. The van der Waals surface area contributed by atoms with Gasteiger partial charge in [-0.1, -0.05) is 17.7 Å². The summed E-state index contributed by atoms with van der Waals surface area (Å²) in [6.07, 6.45) is 0. The van der Waals surface area contributed by atoms with E-state index in [-0.39, 0.29) is 23.2 Å². The Bertz CT molecular complexity index is 506. The minimum Gasteiger partial charge on any atom is -0.355 e. The first kappa shape index (κ1) is 12.6. The molecule has 0 bridgehead atoms. The van der Waals surface area contributed by atoms with Gasteiger partial charge in [0.1, 0.15) is 10.7 Å². The number of nitrogens with zero attached hydrogens (tertiary/aromatic N) is 3. The van der Waals surface area contributed by atoms with Crippen molar-refractivity contribution in [3.05, 3.63) is 33.3 Å². The van der Waals surface area contributed by atoms with Crippen LogP contribution in [0.15, 0.2) is 18.2 Å². The Morgan fingerprint density at radius 1 is 1.39 bits per heavy atom. The summed E-state index contributed by atoms with van der Waals surface area (Å²) in [6.45, 7) is 1.24. The van der Waals surface area contributed by atoms with Crippen LogP contribution in [-0.4, -0.2) is 42.4 Å². The minimum absolute atomic E-state index is 0.0597. The molecule has 1 heterocycles. The number of amides is 1. The fourth-order valence-corrected chi connectivity index (χ4v) is 2.14. The van der Waals surface area contributed by atoms with Gasteiger partial charge >= 0.3 is 5.69 Å². The largest absolute Gasteiger partial charge is 0.355 e.